The van der Waals surface area contributed by atoms with Crippen molar-refractivity contribution in [3.63, 3.8) is 0 Å². The van der Waals surface area contributed by atoms with Crippen molar-refractivity contribution >= 4 is 11.6 Å². The van der Waals surface area contributed by atoms with Gasteiger partial charge in [-0.25, -0.2) is 0 Å². The first-order valence-electron chi connectivity index (χ1n) is 9.50. The van der Waals surface area contributed by atoms with Gasteiger partial charge in [-0.3, -0.25) is 4.79 Å². The van der Waals surface area contributed by atoms with Crippen LogP contribution in [-0.4, -0.2) is 35.1 Å². The number of hydrogen-bond acceptors (Lipinski definition) is 3. The average molecular weight is 352 g/mol. The van der Waals surface area contributed by atoms with Gasteiger partial charge in [-0.2, -0.15) is 0 Å². The van der Waals surface area contributed by atoms with Crippen molar-refractivity contribution in [2.75, 3.05) is 18.0 Å². The molecule has 0 spiro atoms. The van der Waals surface area contributed by atoms with E-state index in [0.29, 0.717) is 32.6 Å². The number of carbonyl (C=O) groups excluding carboxylic acids is 1. The van der Waals surface area contributed by atoms with Crippen LogP contribution in [0.5, 0.6) is 0 Å². The second kappa shape index (κ2) is 8.86. The number of hydrogen-bond donors (Lipinski definition) is 1. The van der Waals surface area contributed by atoms with Crippen molar-refractivity contribution in [1.82, 2.24) is 4.90 Å². The quantitative estimate of drug-likeness (QED) is 0.864. The number of anilines is 1. The molecule has 0 saturated heterocycles. The van der Waals surface area contributed by atoms with Crippen LogP contribution < -0.4 is 4.90 Å². The van der Waals surface area contributed by atoms with Gasteiger partial charge in [0.1, 0.15) is 0 Å². The van der Waals surface area contributed by atoms with Gasteiger partial charge >= 0.3 is 0 Å². The Morgan fingerprint density at radius 1 is 1.04 bits per heavy atom. The number of carbonyl (C=O) groups is 1. The molecular formula is C22H28N2O2. The summed E-state index contributed by atoms with van der Waals surface area (Å²) in [5.74, 6) is 0.165. The Kier molecular flexibility index (Phi) is 6.29. The molecule has 138 valence electrons. The van der Waals surface area contributed by atoms with Crippen molar-refractivity contribution in [2.24, 2.45) is 0 Å². The lowest BCUT2D eigenvalue weighted by molar-refractivity contribution is -0.132. The highest BCUT2D eigenvalue weighted by molar-refractivity contribution is 5.78. The smallest absolute Gasteiger partial charge is 0.224 e. The Morgan fingerprint density at radius 3 is 2.54 bits per heavy atom. The van der Waals surface area contributed by atoms with Crippen LogP contribution >= 0.6 is 0 Å². The zero-order valence-corrected chi connectivity index (χ0v) is 15.5. The van der Waals surface area contributed by atoms with Crippen LogP contribution in [0.25, 0.3) is 0 Å². The molecule has 1 amide bonds. The summed E-state index contributed by atoms with van der Waals surface area (Å²) in [6.45, 7) is 4.53. The fraction of sp³-hybridized carbons (Fsp3) is 0.409. The summed E-state index contributed by atoms with van der Waals surface area (Å²) in [4.78, 5) is 16.9. The van der Waals surface area contributed by atoms with Gasteiger partial charge in [0, 0.05) is 38.3 Å². The third-order valence-corrected chi connectivity index (χ3v) is 4.91. The molecule has 0 saturated carbocycles. The van der Waals surface area contributed by atoms with Crippen LogP contribution in [0.3, 0.4) is 0 Å². The maximum Gasteiger partial charge on any atom is 0.224 e. The van der Waals surface area contributed by atoms with Crippen LogP contribution in [0.15, 0.2) is 54.6 Å². The predicted octanol–water partition coefficient (Wildman–Crippen LogP) is 3.59. The van der Waals surface area contributed by atoms with Gasteiger partial charge in [-0.1, -0.05) is 61.9 Å². The van der Waals surface area contributed by atoms with E-state index in [4.69, 9.17) is 0 Å². The third-order valence-electron chi connectivity index (χ3n) is 4.91. The topological polar surface area (TPSA) is 43.8 Å². The first-order valence-corrected chi connectivity index (χ1v) is 9.50. The van der Waals surface area contributed by atoms with Gasteiger partial charge in [-0.05, 0) is 23.6 Å². The Balaban J connectivity index is 1.82. The highest BCUT2D eigenvalue weighted by atomic mass is 16.3. The monoisotopic (exact) mass is 352 g/mol. The summed E-state index contributed by atoms with van der Waals surface area (Å²) in [5.41, 5.74) is 3.42. The summed E-state index contributed by atoms with van der Waals surface area (Å²) >= 11 is 0. The number of amides is 1. The summed E-state index contributed by atoms with van der Waals surface area (Å²) in [6.07, 6.45) is 1.86. The van der Waals surface area contributed by atoms with Gasteiger partial charge in [0.15, 0.2) is 0 Å². The van der Waals surface area contributed by atoms with E-state index in [0.717, 1.165) is 29.7 Å². The van der Waals surface area contributed by atoms with Crippen LogP contribution in [-0.2, 0) is 17.9 Å². The molecule has 1 N–H and O–H groups in total. The molecule has 1 heterocycles. The van der Waals surface area contributed by atoms with Crippen LogP contribution in [0.2, 0.25) is 0 Å². The molecule has 0 aliphatic carbocycles. The second-order valence-corrected chi connectivity index (χ2v) is 7.00. The maximum absolute atomic E-state index is 12.8. The molecule has 2 aromatic carbocycles. The number of benzene rings is 2. The molecule has 4 heteroatoms. The van der Waals surface area contributed by atoms with Crippen molar-refractivity contribution in [3.05, 3.63) is 65.7 Å². The van der Waals surface area contributed by atoms with Crippen molar-refractivity contribution in [2.45, 2.75) is 45.4 Å². The molecule has 0 radical (unpaired) electrons. The number of aliphatic hydroxyl groups excluding tert-OH is 1. The number of fused-ring (bicyclic) bond motifs is 1. The molecule has 4 nitrogen and oxygen atoms in total. The zero-order valence-electron chi connectivity index (χ0n) is 15.5. The Morgan fingerprint density at radius 2 is 1.77 bits per heavy atom. The Bertz CT molecular complexity index is 717. The first kappa shape index (κ1) is 18.5. The first-order chi connectivity index (χ1) is 12.7. The molecule has 0 fully saturated rings. The predicted molar refractivity (Wildman–Crippen MR) is 105 cm³/mol. The Labute approximate surface area is 156 Å². The SMILES string of the molecule is CCCC(O)CN1CCC(=O)N(Cc2ccccc2)Cc2ccccc21. The fourth-order valence-electron chi connectivity index (χ4n) is 3.57. The van der Waals surface area contributed by atoms with Crippen molar-refractivity contribution < 1.29 is 9.90 Å². The summed E-state index contributed by atoms with van der Waals surface area (Å²) in [6, 6.07) is 18.4. The summed E-state index contributed by atoms with van der Waals surface area (Å²) in [5, 5.41) is 10.3. The van der Waals surface area contributed by atoms with Crippen molar-refractivity contribution in [3.8, 4) is 0 Å². The van der Waals surface area contributed by atoms with E-state index in [1.807, 2.05) is 35.2 Å². The minimum absolute atomic E-state index is 0.165. The molecule has 3 rings (SSSR count). The standard InChI is InChI=1S/C22H28N2O2/c1-2-8-20(25)17-23-14-13-22(26)24(15-18-9-4-3-5-10-18)16-19-11-6-7-12-21(19)23/h3-7,9-12,20,25H,2,8,13-17H2,1H3. The lowest BCUT2D eigenvalue weighted by Gasteiger charge is -2.34. The fourth-order valence-corrected chi connectivity index (χ4v) is 3.57. The molecule has 1 unspecified atom stereocenters. The molecular weight excluding hydrogens is 324 g/mol. The van der Waals surface area contributed by atoms with E-state index in [1.165, 1.54) is 0 Å². The summed E-state index contributed by atoms with van der Waals surface area (Å²) in [7, 11) is 0. The number of aliphatic hydroxyl groups is 1. The van der Waals surface area contributed by atoms with E-state index < -0.39 is 0 Å². The minimum atomic E-state index is -0.358. The molecule has 1 aliphatic heterocycles. The van der Waals surface area contributed by atoms with Crippen molar-refractivity contribution in [1.29, 1.82) is 0 Å². The number of β-amino-alcohol motifs (C(OH)–C–C–N with tert-alkyl or cyclic N) is 1. The van der Waals surface area contributed by atoms with E-state index in [9.17, 15) is 9.90 Å². The van der Waals surface area contributed by atoms with Crippen LogP contribution in [0.4, 0.5) is 5.69 Å². The normalized spacial score (nSPS) is 16.0. The highest BCUT2D eigenvalue weighted by Gasteiger charge is 2.23. The summed E-state index contributed by atoms with van der Waals surface area (Å²) < 4.78 is 0. The number of rotatable bonds is 6. The lowest BCUT2D eigenvalue weighted by Crippen LogP contribution is -2.40. The molecule has 1 aliphatic rings. The Hall–Kier alpha value is -2.33. The molecule has 0 aromatic heterocycles. The minimum Gasteiger partial charge on any atom is -0.391 e. The van der Waals surface area contributed by atoms with Crippen LogP contribution in [0, 0.1) is 0 Å². The maximum atomic E-state index is 12.8. The van der Waals surface area contributed by atoms with E-state index in [1.54, 1.807) is 0 Å². The molecule has 0 bridgehead atoms. The molecule has 26 heavy (non-hydrogen) atoms. The second-order valence-electron chi connectivity index (χ2n) is 7.00. The molecule has 1 atom stereocenters. The highest BCUT2D eigenvalue weighted by Crippen LogP contribution is 2.26. The van der Waals surface area contributed by atoms with E-state index >= 15 is 0 Å². The average Bonchev–Trinajstić information content (AvgIpc) is 2.65. The number of nitrogens with zero attached hydrogens (tertiary/aromatic N) is 2. The van der Waals surface area contributed by atoms with Gasteiger partial charge in [0.05, 0.1) is 6.10 Å². The van der Waals surface area contributed by atoms with E-state index in [2.05, 4.69) is 36.1 Å². The third kappa shape index (κ3) is 4.64. The van der Waals surface area contributed by atoms with Gasteiger partial charge < -0.3 is 14.9 Å². The number of para-hydroxylation sites is 1. The van der Waals surface area contributed by atoms with Gasteiger partial charge in [0.2, 0.25) is 5.91 Å². The lowest BCUT2D eigenvalue weighted by atomic mass is 10.1. The molecule has 2 aromatic rings. The van der Waals surface area contributed by atoms with E-state index in [-0.39, 0.29) is 12.0 Å². The largest absolute Gasteiger partial charge is 0.391 e. The van der Waals surface area contributed by atoms with Gasteiger partial charge in [0.25, 0.3) is 0 Å². The van der Waals surface area contributed by atoms with Crippen LogP contribution in [0.1, 0.15) is 37.3 Å². The van der Waals surface area contributed by atoms with Gasteiger partial charge in [-0.15, -0.1) is 0 Å². The zero-order chi connectivity index (χ0) is 18.4.